The third kappa shape index (κ3) is 5.24. The highest BCUT2D eigenvalue weighted by atomic mass is 35.5. The van der Waals surface area contributed by atoms with Gasteiger partial charge in [-0.15, -0.1) is 0 Å². The molecule has 1 fully saturated rings. The average molecular weight is 337 g/mol. The molecule has 0 atom stereocenters. The molecule has 0 unspecified atom stereocenters. The Balaban J connectivity index is 1.85. The summed E-state index contributed by atoms with van der Waals surface area (Å²) in [6, 6.07) is 7.22. The molecule has 126 valence electrons. The number of hydrogen-bond donors (Lipinski definition) is 2. The number of benzene rings is 1. The summed E-state index contributed by atoms with van der Waals surface area (Å²) in [4.78, 5) is 24.6. The number of amides is 2. The second-order valence-electron chi connectivity index (χ2n) is 7.26. The molecule has 2 amide bonds. The van der Waals surface area contributed by atoms with E-state index in [0.717, 1.165) is 25.7 Å². The number of carbonyl (C=O) groups excluding carboxylic acids is 2. The van der Waals surface area contributed by atoms with E-state index in [4.69, 9.17) is 11.6 Å². The average Bonchev–Trinajstić information content (AvgIpc) is 2.48. The largest absolute Gasteiger partial charge is 0.351 e. The van der Waals surface area contributed by atoms with Crippen molar-refractivity contribution < 1.29 is 9.59 Å². The smallest absolute Gasteiger partial charge is 0.227 e. The molecule has 1 aromatic carbocycles. The van der Waals surface area contributed by atoms with Crippen molar-refractivity contribution in [2.24, 2.45) is 11.8 Å². The molecule has 0 aromatic heterocycles. The number of halogens is 1. The van der Waals surface area contributed by atoms with E-state index in [2.05, 4.69) is 10.6 Å². The van der Waals surface area contributed by atoms with E-state index in [9.17, 15) is 9.59 Å². The Morgan fingerprint density at radius 2 is 1.52 bits per heavy atom. The molecule has 0 bridgehead atoms. The zero-order chi connectivity index (χ0) is 17.0. The zero-order valence-electron chi connectivity index (χ0n) is 14.0. The van der Waals surface area contributed by atoms with E-state index >= 15 is 0 Å². The molecule has 23 heavy (non-hydrogen) atoms. The zero-order valence-corrected chi connectivity index (χ0v) is 14.7. The second-order valence-corrected chi connectivity index (χ2v) is 7.66. The van der Waals surface area contributed by atoms with Gasteiger partial charge in [0.25, 0.3) is 0 Å². The Hall–Kier alpha value is -1.55. The van der Waals surface area contributed by atoms with Crippen LogP contribution in [0.3, 0.4) is 0 Å². The highest BCUT2D eigenvalue weighted by Crippen LogP contribution is 2.31. The minimum atomic E-state index is -0.213. The van der Waals surface area contributed by atoms with Gasteiger partial charge in [0.1, 0.15) is 0 Å². The normalized spacial score (nSPS) is 21.6. The highest BCUT2D eigenvalue weighted by Gasteiger charge is 2.31. The summed E-state index contributed by atoms with van der Waals surface area (Å²) in [6.07, 6.45) is 2.97. The first-order valence-corrected chi connectivity index (χ1v) is 8.51. The van der Waals surface area contributed by atoms with E-state index in [1.165, 1.54) is 0 Å². The van der Waals surface area contributed by atoms with E-state index in [1.54, 1.807) is 12.1 Å². The SMILES string of the molecule is CC(C)(C)NC(=O)C1CCC(C(=O)Nc2ccccc2Cl)CC1. The minimum Gasteiger partial charge on any atom is -0.351 e. The Labute approximate surface area is 143 Å². The predicted molar refractivity (Wildman–Crippen MR) is 93.4 cm³/mol. The van der Waals surface area contributed by atoms with Crippen LogP contribution in [0, 0.1) is 11.8 Å². The molecule has 1 saturated carbocycles. The molecule has 1 aliphatic carbocycles. The predicted octanol–water partition coefficient (Wildman–Crippen LogP) is 4.00. The summed E-state index contributed by atoms with van der Waals surface area (Å²) in [7, 11) is 0. The van der Waals surface area contributed by atoms with Gasteiger partial charge < -0.3 is 10.6 Å². The molecule has 2 rings (SSSR count). The van der Waals surface area contributed by atoms with Crippen LogP contribution in [0.25, 0.3) is 0 Å². The third-order valence-electron chi connectivity index (χ3n) is 4.10. The fourth-order valence-electron chi connectivity index (χ4n) is 2.89. The first kappa shape index (κ1) is 17.8. The van der Waals surface area contributed by atoms with Crippen LogP contribution < -0.4 is 10.6 Å². The van der Waals surface area contributed by atoms with Crippen LogP contribution in [-0.2, 0) is 9.59 Å². The molecule has 1 aliphatic rings. The number of hydrogen-bond acceptors (Lipinski definition) is 2. The molecule has 0 saturated heterocycles. The van der Waals surface area contributed by atoms with Gasteiger partial charge in [-0.2, -0.15) is 0 Å². The lowest BCUT2D eigenvalue weighted by Crippen LogP contribution is -2.45. The summed E-state index contributed by atoms with van der Waals surface area (Å²) in [5.41, 5.74) is 0.432. The van der Waals surface area contributed by atoms with Crippen molar-refractivity contribution >= 4 is 29.1 Å². The molecule has 0 aliphatic heterocycles. The van der Waals surface area contributed by atoms with Crippen molar-refractivity contribution in [3.8, 4) is 0 Å². The van der Waals surface area contributed by atoms with Gasteiger partial charge in [0.15, 0.2) is 0 Å². The minimum absolute atomic E-state index is 0.00669. The van der Waals surface area contributed by atoms with E-state index < -0.39 is 0 Å². The second kappa shape index (κ2) is 7.35. The molecule has 5 heteroatoms. The van der Waals surface area contributed by atoms with E-state index in [1.807, 2.05) is 32.9 Å². The van der Waals surface area contributed by atoms with Crippen molar-refractivity contribution in [2.45, 2.75) is 52.0 Å². The molecular weight excluding hydrogens is 312 g/mol. The molecule has 0 heterocycles. The number of nitrogens with one attached hydrogen (secondary N) is 2. The van der Waals surface area contributed by atoms with Gasteiger partial charge in [0.05, 0.1) is 10.7 Å². The maximum Gasteiger partial charge on any atom is 0.227 e. The number of rotatable bonds is 3. The lowest BCUT2D eigenvalue weighted by atomic mass is 9.81. The monoisotopic (exact) mass is 336 g/mol. The standard InChI is InChI=1S/C18H25ClN2O2/c1-18(2,3)21-17(23)13-10-8-12(9-11-13)16(22)20-15-7-5-4-6-14(15)19/h4-7,12-13H,8-11H2,1-3H3,(H,20,22)(H,21,23). The molecule has 0 spiro atoms. The quantitative estimate of drug-likeness (QED) is 0.876. The van der Waals surface area contributed by atoms with Crippen LogP contribution >= 0.6 is 11.6 Å². The van der Waals surface area contributed by atoms with Crippen molar-refractivity contribution in [3.05, 3.63) is 29.3 Å². The molecule has 1 aromatic rings. The molecular formula is C18H25ClN2O2. The Kier molecular flexibility index (Phi) is 5.69. The number of anilines is 1. The summed E-state index contributed by atoms with van der Waals surface area (Å²) >= 11 is 6.07. The van der Waals surface area contributed by atoms with Crippen molar-refractivity contribution in [1.82, 2.24) is 5.32 Å². The van der Waals surface area contributed by atoms with Crippen LogP contribution in [0.2, 0.25) is 5.02 Å². The van der Waals surface area contributed by atoms with Crippen LogP contribution in [0.5, 0.6) is 0 Å². The first-order chi connectivity index (χ1) is 10.8. The lowest BCUT2D eigenvalue weighted by molar-refractivity contribution is -0.129. The van der Waals surface area contributed by atoms with Crippen LogP contribution in [0.15, 0.2) is 24.3 Å². The van der Waals surface area contributed by atoms with Gasteiger partial charge in [-0.3, -0.25) is 9.59 Å². The van der Waals surface area contributed by atoms with Crippen molar-refractivity contribution in [3.63, 3.8) is 0 Å². The van der Waals surface area contributed by atoms with Crippen molar-refractivity contribution in [1.29, 1.82) is 0 Å². The van der Waals surface area contributed by atoms with Crippen LogP contribution in [-0.4, -0.2) is 17.4 Å². The van der Waals surface area contributed by atoms with E-state index in [0.29, 0.717) is 10.7 Å². The van der Waals surface area contributed by atoms with Gasteiger partial charge in [-0.05, 0) is 58.6 Å². The molecule has 4 nitrogen and oxygen atoms in total. The summed E-state index contributed by atoms with van der Waals surface area (Å²) in [5.74, 6) is 0.0544. The fraction of sp³-hybridized carbons (Fsp3) is 0.556. The summed E-state index contributed by atoms with van der Waals surface area (Å²) in [5, 5.41) is 6.45. The Morgan fingerprint density at radius 1 is 1.00 bits per heavy atom. The Bertz CT molecular complexity index is 573. The fourth-order valence-corrected chi connectivity index (χ4v) is 3.07. The van der Waals surface area contributed by atoms with Crippen LogP contribution in [0.1, 0.15) is 46.5 Å². The van der Waals surface area contributed by atoms with Gasteiger partial charge in [0.2, 0.25) is 11.8 Å². The Morgan fingerprint density at radius 3 is 2.04 bits per heavy atom. The van der Waals surface area contributed by atoms with Gasteiger partial charge >= 0.3 is 0 Å². The first-order valence-electron chi connectivity index (χ1n) is 8.13. The maximum atomic E-state index is 12.4. The summed E-state index contributed by atoms with van der Waals surface area (Å²) < 4.78 is 0. The van der Waals surface area contributed by atoms with E-state index in [-0.39, 0.29) is 29.2 Å². The maximum absolute atomic E-state index is 12.4. The number of carbonyl (C=O) groups is 2. The van der Waals surface area contributed by atoms with Crippen molar-refractivity contribution in [2.75, 3.05) is 5.32 Å². The van der Waals surface area contributed by atoms with Gasteiger partial charge in [0, 0.05) is 17.4 Å². The van der Waals surface area contributed by atoms with Crippen LogP contribution in [0.4, 0.5) is 5.69 Å². The number of para-hydroxylation sites is 1. The highest BCUT2D eigenvalue weighted by molar-refractivity contribution is 6.33. The molecule has 2 N–H and O–H groups in total. The molecule has 0 radical (unpaired) electrons. The summed E-state index contributed by atoms with van der Waals surface area (Å²) in [6.45, 7) is 5.94. The van der Waals surface area contributed by atoms with Gasteiger partial charge in [-0.1, -0.05) is 23.7 Å². The third-order valence-corrected chi connectivity index (χ3v) is 4.43. The lowest BCUT2D eigenvalue weighted by Gasteiger charge is -2.30. The van der Waals surface area contributed by atoms with Gasteiger partial charge in [-0.25, -0.2) is 0 Å². The topological polar surface area (TPSA) is 58.2 Å².